The van der Waals surface area contributed by atoms with E-state index in [0.29, 0.717) is 23.6 Å². The molecule has 0 N–H and O–H groups in total. The maximum Gasteiger partial charge on any atom is 0.282 e. The number of amides is 2. The molecule has 0 bridgehead atoms. The Morgan fingerprint density at radius 1 is 0.931 bits per heavy atom. The highest BCUT2D eigenvalue weighted by molar-refractivity contribution is 6.45. The number of hydrogen-bond acceptors (Lipinski definition) is 4. The zero-order chi connectivity index (χ0) is 20.5. The summed E-state index contributed by atoms with van der Waals surface area (Å²) in [7, 11) is 0. The van der Waals surface area contributed by atoms with Gasteiger partial charge in [0.1, 0.15) is 11.4 Å². The maximum absolute atomic E-state index is 13.5. The van der Waals surface area contributed by atoms with Gasteiger partial charge in [-0.2, -0.15) is 0 Å². The highest BCUT2D eigenvalue weighted by atomic mass is 16.5. The predicted octanol–water partition coefficient (Wildman–Crippen LogP) is 4.08. The molecule has 0 atom stereocenters. The molecule has 0 saturated carbocycles. The number of imide groups is 1. The van der Waals surface area contributed by atoms with Gasteiger partial charge < -0.3 is 9.64 Å². The minimum Gasteiger partial charge on any atom is -0.494 e. The van der Waals surface area contributed by atoms with Crippen molar-refractivity contribution in [2.75, 3.05) is 24.6 Å². The molecule has 2 aliphatic heterocycles. The Labute approximate surface area is 171 Å². The largest absolute Gasteiger partial charge is 0.494 e. The van der Waals surface area contributed by atoms with Crippen LogP contribution in [0.4, 0.5) is 5.69 Å². The summed E-state index contributed by atoms with van der Waals surface area (Å²) in [6, 6.07) is 13.1. The highest BCUT2D eigenvalue weighted by Gasteiger charge is 2.43. The molecule has 1 fully saturated rings. The minimum atomic E-state index is -0.256. The van der Waals surface area contributed by atoms with Crippen molar-refractivity contribution >= 4 is 23.1 Å². The normalized spacial score (nSPS) is 16.9. The van der Waals surface area contributed by atoms with Crippen LogP contribution >= 0.6 is 0 Å². The van der Waals surface area contributed by atoms with Gasteiger partial charge in [-0.05, 0) is 69.0 Å². The Hall–Kier alpha value is -3.08. The van der Waals surface area contributed by atoms with Gasteiger partial charge in [-0.25, -0.2) is 4.90 Å². The van der Waals surface area contributed by atoms with Gasteiger partial charge in [0.2, 0.25) is 0 Å². The molecule has 2 aromatic rings. The van der Waals surface area contributed by atoms with Gasteiger partial charge >= 0.3 is 0 Å². The van der Waals surface area contributed by atoms with E-state index >= 15 is 0 Å². The molecule has 2 aliphatic rings. The molecule has 2 amide bonds. The SMILES string of the molecule is CCOc1ccc(N2C(=O)C(c3ccc(C)cc3C)=C(N3CCCC3)C2=O)cc1. The number of ether oxygens (including phenoxy) is 1. The van der Waals surface area contributed by atoms with Crippen molar-refractivity contribution in [1.82, 2.24) is 4.90 Å². The van der Waals surface area contributed by atoms with E-state index in [2.05, 4.69) is 11.0 Å². The molecule has 2 heterocycles. The van der Waals surface area contributed by atoms with Crippen LogP contribution in [-0.2, 0) is 9.59 Å². The van der Waals surface area contributed by atoms with Crippen LogP contribution in [0.25, 0.3) is 5.57 Å². The van der Waals surface area contributed by atoms with Crippen molar-refractivity contribution in [2.45, 2.75) is 33.6 Å². The summed E-state index contributed by atoms with van der Waals surface area (Å²) in [4.78, 5) is 30.3. The molecule has 2 aromatic carbocycles. The Kier molecular flexibility index (Phi) is 5.14. The summed E-state index contributed by atoms with van der Waals surface area (Å²) in [5.74, 6) is 0.224. The molecule has 0 aromatic heterocycles. The fourth-order valence-electron chi connectivity index (χ4n) is 4.18. The topological polar surface area (TPSA) is 49.9 Å². The zero-order valence-corrected chi connectivity index (χ0v) is 17.2. The Balaban J connectivity index is 1.79. The molecular formula is C24H26N2O3. The lowest BCUT2D eigenvalue weighted by Gasteiger charge is -2.20. The Bertz CT molecular complexity index is 986. The summed E-state index contributed by atoms with van der Waals surface area (Å²) >= 11 is 0. The molecule has 4 rings (SSSR count). The van der Waals surface area contributed by atoms with E-state index < -0.39 is 0 Å². The van der Waals surface area contributed by atoms with Gasteiger partial charge in [-0.1, -0.05) is 23.8 Å². The lowest BCUT2D eigenvalue weighted by Crippen LogP contribution is -2.34. The van der Waals surface area contributed by atoms with E-state index in [0.717, 1.165) is 48.4 Å². The second kappa shape index (κ2) is 7.74. The van der Waals surface area contributed by atoms with E-state index in [1.165, 1.54) is 4.90 Å². The third-order valence-corrected chi connectivity index (χ3v) is 5.54. The summed E-state index contributed by atoms with van der Waals surface area (Å²) in [6.07, 6.45) is 2.07. The van der Waals surface area contributed by atoms with Crippen molar-refractivity contribution in [2.24, 2.45) is 0 Å². The van der Waals surface area contributed by atoms with Crippen LogP contribution in [0, 0.1) is 13.8 Å². The molecule has 0 aliphatic carbocycles. The average Bonchev–Trinajstić information content (AvgIpc) is 3.30. The number of carbonyl (C=O) groups excluding carboxylic acids is 2. The molecule has 150 valence electrons. The van der Waals surface area contributed by atoms with Crippen molar-refractivity contribution in [3.05, 3.63) is 64.9 Å². The lowest BCUT2D eigenvalue weighted by atomic mass is 9.97. The van der Waals surface area contributed by atoms with E-state index in [4.69, 9.17) is 4.74 Å². The number of carbonyl (C=O) groups is 2. The van der Waals surface area contributed by atoms with Crippen LogP contribution in [-0.4, -0.2) is 36.4 Å². The number of nitrogens with zero attached hydrogens (tertiary/aromatic N) is 2. The second-order valence-electron chi connectivity index (χ2n) is 7.61. The van der Waals surface area contributed by atoms with Crippen LogP contribution in [0.5, 0.6) is 5.75 Å². The number of aryl methyl sites for hydroxylation is 2. The molecule has 5 nitrogen and oxygen atoms in total. The third kappa shape index (κ3) is 3.41. The molecule has 1 saturated heterocycles. The number of benzene rings is 2. The molecule has 0 unspecified atom stereocenters. The minimum absolute atomic E-state index is 0.240. The standard InChI is InChI=1S/C24H26N2O3/c1-4-29-19-10-8-18(9-11-19)26-23(27)21(20-12-7-16(2)15-17(20)3)22(24(26)28)25-13-5-6-14-25/h7-12,15H,4-6,13-14H2,1-3H3. The first-order chi connectivity index (χ1) is 14.0. The fourth-order valence-corrected chi connectivity index (χ4v) is 4.18. The third-order valence-electron chi connectivity index (χ3n) is 5.54. The fraction of sp³-hybridized carbons (Fsp3) is 0.333. The quantitative estimate of drug-likeness (QED) is 0.722. The number of likely N-dealkylation sites (tertiary alicyclic amines) is 1. The number of anilines is 1. The van der Waals surface area contributed by atoms with Crippen LogP contribution in [0.15, 0.2) is 48.2 Å². The van der Waals surface area contributed by atoms with E-state index in [1.54, 1.807) is 24.3 Å². The molecule has 0 spiro atoms. The molecular weight excluding hydrogens is 364 g/mol. The van der Waals surface area contributed by atoms with Gasteiger partial charge in [0.25, 0.3) is 11.8 Å². The van der Waals surface area contributed by atoms with Crippen LogP contribution in [0.2, 0.25) is 0 Å². The molecule has 5 heteroatoms. The second-order valence-corrected chi connectivity index (χ2v) is 7.61. The van der Waals surface area contributed by atoms with Crippen molar-refractivity contribution in [3.8, 4) is 5.75 Å². The van der Waals surface area contributed by atoms with Gasteiger partial charge in [0.05, 0.1) is 17.9 Å². The Morgan fingerprint density at radius 2 is 1.62 bits per heavy atom. The first-order valence-electron chi connectivity index (χ1n) is 10.2. The summed E-state index contributed by atoms with van der Waals surface area (Å²) in [5.41, 5.74) is 4.60. The van der Waals surface area contributed by atoms with Gasteiger partial charge in [-0.3, -0.25) is 9.59 Å². The summed E-state index contributed by atoms with van der Waals surface area (Å²) in [6.45, 7) is 8.12. The van der Waals surface area contributed by atoms with Gasteiger partial charge in [0.15, 0.2) is 0 Å². The van der Waals surface area contributed by atoms with E-state index in [1.807, 2.05) is 32.9 Å². The highest BCUT2D eigenvalue weighted by Crippen LogP contribution is 2.37. The van der Waals surface area contributed by atoms with Crippen LogP contribution in [0.1, 0.15) is 36.5 Å². The average molecular weight is 390 g/mol. The van der Waals surface area contributed by atoms with Gasteiger partial charge in [0, 0.05) is 13.1 Å². The van der Waals surface area contributed by atoms with E-state index in [-0.39, 0.29) is 11.8 Å². The van der Waals surface area contributed by atoms with Crippen molar-refractivity contribution in [1.29, 1.82) is 0 Å². The first-order valence-corrected chi connectivity index (χ1v) is 10.2. The maximum atomic E-state index is 13.5. The smallest absolute Gasteiger partial charge is 0.282 e. The van der Waals surface area contributed by atoms with E-state index in [9.17, 15) is 9.59 Å². The number of hydrogen-bond donors (Lipinski definition) is 0. The lowest BCUT2D eigenvalue weighted by molar-refractivity contribution is -0.120. The summed E-state index contributed by atoms with van der Waals surface area (Å²) < 4.78 is 5.49. The monoisotopic (exact) mass is 390 g/mol. The molecule has 0 radical (unpaired) electrons. The molecule has 29 heavy (non-hydrogen) atoms. The van der Waals surface area contributed by atoms with Crippen molar-refractivity contribution in [3.63, 3.8) is 0 Å². The first kappa shape index (κ1) is 19.2. The zero-order valence-electron chi connectivity index (χ0n) is 17.2. The predicted molar refractivity (Wildman–Crippen MR) is 114 cm³/mol. The van der Waals surface area contributed by atoms with Crippen LogP contribution in [0.3, 0.4) is 0 Å². The summed E-state index contributed by atoms with van der Waals surface area (Å²) in [5, 5.41) is 0. The van der Waals surface area contributed by atoms with Crippen LogP contribution < -0.4 is 9.64 Å². The number of rotatable bonds is 5. The van der Waals surface area contributed by atoms with Gasteiger partial charge in [-0.15, -0.1) is 0 Å². The Morgan fingerprint density at radius 3 is 2.24 bits per heavy atom. The van der Waals surface area contributed by atoms with Crippen molar-refractivity contribution < 1.29 is 14.3 Å².